The molecule has 2 aliphatic heterocycles. The molecule has 0 aromatic carbocycles. The summed E-state index contributed by atoms with van der Waals surface area (Å²) < 4.78 is 0. The maximum Gasteiger partial charge on any atom is 0.257 e. The second-order valence-electron chi connectivity index (χ2n) is 7.79. The smallest absolute Gasteiger partial charge is 0.257 e. The standard InChI is InChI=1S/C18H28N4O/c23-17(22-10-4-7-18(13-22)8-9-19-12-18)15-11-20-21-16(15)14-5-2-1-3-6-14/h11,14,19H,1-10,12-13H2,(H,20,21)/t18-/m1/s1. The SMILES string of the molecule is O=C(c1cn[nH]c1C1CCCCC1)N1CCC[C@]2(CCNC2)C1. The topological polar surface area (TPSA) is 61.0 Å². The number of H-pyrrole nitrogens is 1. The van der Waals surface area contributed by atoms with Crippen LogP contribution in [-0.2, 0) is 0 Å². The highest BCUT2D eigenvalue weighted by molar-refractivity contribution is 5.95. The van der Waals surface area contributed by atoms with E-state index in [0.717, 1.165) is 43.9 Å². The van der Waals surface area contributed by atoms with Crippen LogP contribution < -0.4 is 5.32 Å². The largest absolute Gasteiger partial charge is 0.338 e. The van der Waals surface area contributed by atoms with Crippen LogP contribution in [-0.4, -0.2) is 47.2 Å². The molecule has 1 amide bonds. The third-order valence-electron chi connectivity index (χ3n) is 6.19. The lowest BCUT2D eigenvalue weighted by Gasteiger charge is -2.40. The van der Waals surface area contributed by atoms with Crippen LogP contribution in [0.1, 0.15) is 73.3 Å². The Labute approximate surface area is 138 Å². The predicted octanol–water partition coefficient (Wildman–Crippen LogP) is 2.67. The van der Waals surface area contributed by atoms with E-state index in [-0.39, 0.29) is 5.91 Å². The number of hydrogen-bond donors (Lipinski definition) is 2. The number of carbonyl (C=O) groups is 1. The van der Waals surface area contributed by atoms with Gasteiger partial charge in [0, 0.05) is 31.0 Å². The fraction of sp³-hybridized carbons (Fsp3) is 0.778. The number of aromatic amines is 1. The average Bonchev–Trinajstić information content (AvgIpc) is 3.25. The monoisotopic (exact) mass is 316 g/mol. The molecule has 5 heteroatoms. The molecule has 1 aromatic heterocycles. The summed E-state index contributed by atoms with van der Waals surface area (Å²) in [6.45, 7) is 3.97. The molecule has 3 fully saturated rings. The van der Waals surface area contributed by atoms with Crippen molar-refractivity contribution in [3.63, 3.8) is 0 Å². The van der Waals surface area contributed by atoms with Crippen molar-refractivity contribution in [2.24, 2.45) is 5.41 Å². The Hall–Kier alpha value is -1.36. The van der Waals surface area contributed by atoms with Crippen molar-refractivity contribution in [2.45, 2.75) is 57.3 Å². The molecule has 0 unspecified atom stereocenters. The minimum Gasteiger partial charge on any atom is -0.338 e. The molecule has 0 bridgehead atoms. The van der Waals surface area contributed by atoms with Crippen LogP contribution in [0.5, 0.6) is 0 Å². The maximum absolute atomic E-state index is 13.1. The van der Waals surface area contributed by atoms with Crippen LogP contribution in [0.15, 0.2) is 6.20 Å². The Morgan fingerprint density at radius 3 is 2.87 bits per heavy atom. The molecule has 2 N–H and O–H groups in total. The van der Waals surface area contributed by atoms with E-state index in [1.807, 2.05) is 0 Å². The molecule has 0 radical (unpaired) electrons. The van der Waals surface area contributed by atoms with E-state index >= 15 is 0 Å². The molecule has 1 aromatic rings. The zero-order valence-corrected chi connectivity index (χ0v) is 13.9. The molecule has 4 rings (SSSR count). The number of amides is 1. The summed E-state index contributed by atoms with van der Waals surface area (Å²) in [5.41, 5.74) is 2.25. The molecule has 2 saturated heterocycles. The van der Waals surface area contributed by atoms with Gasteiger partial charge in [0.25, 0.3) is 5.91 Å². The number of nitrogens with one attached hydrogen (secondary N) is 2. The fourth-order valence-electron chi connectivity index (χ4n) is 4.86. The number of aromatic nitrogens is 2. The third kappa shape index (κ3) is 2.91. The molecule has 5 nitrogen and oxygen atoms in total. The summed E-state index contributed by atoms with van der Waals surface area (Å²) in [6.07, 6.45) is 11.6. The van der Waals surface area contributed by atoms with Crippen LogP contribution >= 0.6 is 0 Å². The van der Waals surface area contributed by atoms with Gasteiger partial charge in [-0.3, -0.25) is 9.89 Å². The van der Waals surface area contributed by atoms with E-state index in [9.17, 15) is 4.79 Å². The molecule has 1 aliphatic carbocycles. The van der Waals surface area contributed by atoms with Crippen molar-refractivity contribution in [1.29, 1.82) is 0 Å². The second kappa shape index (κ2) is 6.27. The molecular formula is C18H28N4O. The second-order valence-corrected chi connectivity index (χ2v) is 7.79. The van der Waals surface area contributed by atoms with Crippen molar-refractivity contribution in [3.05, 3.63) is 17.5 Å². The van der Waals surface area contributed by atoms with Crippen molar-refractivity contribution >= 4 is 5.91 Å². The van der Waals surface area contributed by atoms with Gasteiger partial charge in [-0.1, -0.05) is 19.3 Å². The molecular weight excluding hydrogens is 288 g/mol. The Balaban J connectivity index is 1.51. The van der Waals surface area contributed by atoms with Gasteiger partial charge in [0.05, 0.1) is 17.5 Å². The summed E-state index contributed by atoms with van der Waals surface area (Å²) in [5.74, 6) is 0.697. The summed E-state index contributed by atoms with van der Waals surface area (Å²) in [6, 6.07) is 0. The van der Waals surface area contributed by atoms with Crippen LogP contribution in [0.2, 0.25) is 0 Å². The Bertz CT molecular complexity index is 555. The first kappa shape index (κ1) is 15.2. The molecule has 3 heterocycles. The van der Waals surface area contributed by atoms with Crippen LogP contribution in [0.4, 0.5) is 0 Å². The minimum atomic E-state index is 0.199. The fourth-order valence-corrected chi connectivity index (χ4v) is 4.86. The number of hydrogen-bond acceptors (Lipinski definition) is 3. The summed E-state index contributed by atoms with van der Waals surface area (Å²) in [7, 11) is 0. The van der Waals surface area contributed by atoms with E-state index in [0.29, 0.717) is 11.3 Å². The van der Waals surface area contributed by atoms with Gasteiger partial charge < -0.3 is 10.2 Å². The van der Waals surface area contributed by atoms with E-state index in [4.69, 9.17) is 0 Å². The Morgan fingerprint density at radius 2 is 2.09 bits per heavy atom. The lowest BCUT2D eigenvalue weighted by molar-refractivity contribution is 0.0551. The Morgan fingerprint density at radius 1 is 1.22 bits per heavy atom. The van der Waals surface area contributed by atoms with Crippen molar-refractivity contribution in [3.8, 4) is 0 Å². The average molecular weight is 316 g/mol. The highest BCUT2D eigenvalue weighted by Crippen LogP contribution is 2.37. The van der Waals surface area contributed by atoms with Gasteiger partial charge in [0.1, 0.15) is 0 Å². The number of piperidine rings is 1. The highest BCUT2D eigenvalue weighted by Gasteiger charge is 2.40. The van der Waals surface area contributed by atoms with E-state index in [1.54, 1.807) is 6.20 Å². The van der Waals surface area contributed by atoms with Gasteiger partial charge in [0.2, 0.25) is 0 Å². The van der Waals surface area contributed by atoms with Crippen LogP contribution in [0.25, 0.3) is 0 Å². The van der Waals surface area contributed by atoms with E-state index in [1.165, 1.54) is 44.9 Å². The van der Waals surface area contributed by atoms with Crippen molar-refractivity contribution in [2.75, 3.05) is 26.2 Å². The number of rotatable bonds is 2. The zero-order chi connectivity index (χ0) is 15.7. The lowest BCUT2D eigenvalue weighted by atomic mass is 9.79. The maximum atomic E-state index is 13.1. The van der Waals surface area contributed by atoms with E-state index < -0.39 is 0 Å². The normalized spacial score (nSPS) is 29.3. The first-order chi connectivity index (χ1) is 11.3. The van der Waals surface area contributed by atoms with Gasteiger partial charge >= 0.3 is 0 Å². The van der Waals surface area contributed by atoms with Gasteiger partial charge in [-0.25, -0.2) is 0 Å². The Kier molecular flexibility index (Phi) is 4.14. The van der Waals surface area contributed by atoms with Gasteiger partial charge in [-0.2, -0.15) is 5.10 Å². The van der Waals surface area contributed by atoms with Crippen LogP contribution in [0.3, 0.4) is 0 Å². The third-order valence-corrected chi connectivity index (χ3v) is 6.19. The first-order valence-electron chi connectivity index (χ1n) is 9.31. The predicted molar refractivity (Wildman–Crippen MR) is 89.5 cm³/mol. The molecule has 126 valence electrons. The van der Waals surface area contributed by atoms with Crippen LogP contribution in [0, 0.1) is 5.41 Å². The molecule has 23 heavy (non-hydrogen) atoms. The van der Waals surface area contributed by atoms with Gasteiger partial charge in [-0.05, 0) is 38.6 Å². The molecule has 1 saturated carbocycles. The lowest BCUT2D eigenvalue weighted by Crippen LogP contribution is -2.47. The summed E-state index contributed by atoms with van der Waals surface area (Å²) in [4.78, 5) is 15.2. The molecule has 3 aliphatic rings. The van der Waals surface area contributed by atoms with E-state index in [2.05, 4.69) is 20.4 Å². The number of likely N-dealkylation sites (tertiary alicyclic amines) is 1. The van der Waals surface area contributed by atoms with Gasteiger partial charge in [0.15, 0.2) is 0 Å². The number of carbonyl (C=O) groups excluding carboxylic acids is 1. The quantitative estimate of drug-likeness (QED) is 0.882. The van der Waals surface area contributed by atoms with Crippen molar-refractivity contribution < 1.29 is 4.79 Å². The highest BCUT2D eigenvalue weighted by atomic mass is 16.2. The minimum absolute atomic E-state index is 0.199. The van der Waals surface area contributed by atoms with Gasteiger partial charge in [-0.15, -0.1) is 0 Å². The zero-order valence-electron chi connectivity index (χ0n) is 13.9. The first-order valence-corrected chi connectivity index (χ1v) is 9.31. The molecule has 1 atom stereocenters. The summed E-state index contributed by atoms with van der Waals surface area (Å²) >= 11 is 0. The summed E-state index contributed by atoms with van der Waals surface area (Å²) in [5, 5.41) is 10.8. The number of nitrogens with zero attached hydrogens (tertiary/aromatic N) is 2. The molecule has 1 spiro atoms. The van der Waals surface area contributed by atoms with Crippen molar-refractivity contribution in [1.82, 2.24) is 20.4 Å².